The average molecular weight is 192 g/mol. The van der Waals surface area contributed by atoms with Crippen molar-refractivity contribution in [1.29, 1.82) is 0 Å². The Morgan fingerprint density at radius 1 is 1.25 bits per heavy atom. The molecule has 0 heterocycles. The van der Waals surface area contributed by atoms with Crippen molar-refractivity contribution in [2.75, 3.05) is 13.6 Å². The Balaban J connectivity index is 3.49. The zero-order valence-electron chi connectivity index (χ0n) is 8.81. The van der Waals surface area contributed by atoms with Crippen LogP contribution in [0, 0.1) is 0 Å². The van der Waals surface area contributed by atoms with Crippen molar-refractivity contribution >= 4 is 11.6 Å². The quantitative estimate of drug-likeness (QED) is 0.584. The summed E-state index contributed by atoms with van der Waals surface area (Å²) < 4.78 is 0. The van der Waals surface area contributed by atoms with Gasteiger partial charge in [0.2, 0.25) is 0 Å². The van der Waals surface area contributed by atoms with E-state index in [9.17, 15) is 0 Å². The number of nitrogens with zero attached hydrogens (tertiary/aromatic N) is 1. The molecule has 0 radical (unpaired) electrons. The molecule has 0 aromatic rings. The van der Waals surface area contributed by atoms with Gasteiger partial charge in [-0.05, 0) is 40.3 Å². The molecule has 0 fully saturated rings. The van der Waals surface area contributed by atoms with Gasteiger partial charge in [-0.1, -0.05) is 13.3 Å². The van der Waals surface area contributed by atoms with E-state index >= 15 is 0 Å². The van der Waals surface area contributed by atoms with Gasteiger partial charge in [0.1, 0.15) is 0 Å². The van der Waals surface area contributed by atoms with Crippen LogP contribution < -0.4 is 0 Å². The van der Waals surface area contributed by atoms with Crippen molar-refractivity contribution in [3.8, 4) is 0 Å². The maximum absolute atomic E-state index is 5.88. The Bertz CT molecular complexity index is 104. The lowest BCUT2D eigenvalue weighted by atomic mass is 10.1. The van der Waals surface area contributed by atoms with Crippen LogP contribution in [0.15, 0.2) is 0 Å². The lowest BCUT2D eigenvalue weighted by Crippen LogP contribution is -2.30. The summed E-state index contributed by atoms with van der Waals surface area (Å²) in [7, 11) is 2.18. The molecule has 2 heteroatoms. The molecule has 0 amide bonds. The van der Waals surface area contributed by atoms with Gasteiger partial charge in [0, 0.05) is 11.4 Å². The molecule has 2 atom stereocenters. The number of alkyl halides is 1. The van der Waals surface area contributed by atoms with E-state index in [1.54, 1.807) is 0 Å². The van der Waals surface area contributed by atoms with Crippen molar-refractivity contribution in [2.24, 2.45) is 0 Å². The van der Waals surface area contributed by atoms with Crippen molar-refractivity contribution < 1.29 is 0 Å². The Morgan fingerprint density at radius 2 is 1.83 bits per heavy atom. The Morgan fingerprint density at radius 3 is 2.25 bits per heavy atom. The van der Waals surface area contributed by atoms with E-state index in [4.69, 9.17) is 11.6 Å². The molecule has 0 aromatic carbocycles. The predicted molar refractivity (Wildman–Crippen MR) is 56.9 cm³/mol. The summed E-state index contributed by atoms with van der Waals surface area (Å²) in [6.45, 7) is 7.68. The van der Waals surface area contributed by atoms with Gasteiger partial charge in [-0.2, -0.15) is 0 Å². The van der Waals surface area contributed by atoms with Gasteiger partial charge >= 0.3 is 0 Å². The van der Waals surface area contributed by atoms with Gasteiger partial charge in [-0.25, -0.2) is 0 Å². The molecule has 0 rings (SSSR count). The third kappa shape index (κ3) is 5.84. The topological polar surface area (TPSA) is 3.24 Å². The minimum atomic E-state index is 0.307. The summed E-state index contributed by atoms with van der Waals surface area (Å²) in [5, 5.41) is 0.307. The molecule has 0 aromatic heterocycles. The van der Waals surface area contributed by atoms with E-state index in [0.717, 1.165) is 13.0 Å². The van der Waals surface area contributed by atoms with E-state index in [2.05, 4.69) is 32.7 Å². The van der Waals surface area contributed by atoms with Gasteiger partial charge < -0.3 is 4.90 Å². The lowest BCUT2D eigenvalue weighted by molar-refractivity contribution is 0.242. The molecule has 0 saturated carbocycles. The molecule has 0 saturated heterocycles. The van der Waals surface area contributed by atoms with E-state index in [1.165, 1.54) is 12.8 Å². The smallest absolute Gasteiger partial charge is 0.0320 e. The number of rotatable bonds is 6. The Labute approximate surface area is 82.1 Å². The summed E-state index contributed by atoms with van der Waals surface area (Å²) in [5.41, 5.74) is 0. The van der Waals surface area contributed by atoms with Crippen molar-refractivity contribution in [1.82, 2.24) is 4.90 Å². The monoisotopic (exact) mass is 191 g/mol. The highest BCUT2D eigenvalue weighted by molar-refractivity contribution is 6.20. The fraction of sp³-hybridized carbons (Fsp3) is 1.00. The highest BCUT2D eigenvalue weighted by Crippen LogP contribution is 2.07. The van der Waals surface area contributed by atoms with Crippen LogP contribution in [-0.2, 0) is 0 Å². The summed E-state index contributed by atoms with van der Waals surface area (Å²) in [5.74, 6) is 0. The van der Waals surface area contributed by atoms with Crippen LogP contribution in [0.3, 0.4) is 0 Å². The molecular formula is C10H22ClN. The zero-order valence-corrected chi connectivity index (χ0v) is 9.56. The van der Waals surface area contributed by atoms with Gasteiger partial charge in [0.05, 0.1) is 0 Å². The first-order chi connectivity index (χ1) is 5.57. The van der Waals surface area contributed by atoms with Crippen molar-refractivity contribution in [3.63, 3.8) is 0 Å². The number of hydrogen-bond acceptors (Lipinski definition) is 1. The molecule has 0 spiro atoms. The van der Waals surface area contributed by atoms with Gasteiger partial charge in [0.15, 0.2) is 0 Å². The molecule has 2 unspecified atom stereocenters. The van der Waals surface area contributed by atoms with Crippen molar-refractivity contribution in [2.45, 2.75) is 51.5 Å². The molecule has 74 valence electrons. The Hall–Kier alpha value is 0.250. The van der Waals surface area contributed by atoms with Gasteiger partial charge in [-0.3, -0.25) is 0 Å². The fourth-order valence-corrected chi connectivity index (χ4v) is 1.34. The first-order valence-corrected chi connectivity index (χ1v) is 5.35. The maximum Gasteiger partial charge on any atom is 0.0320 e. The molecular weight excluding hydrogens is 170 g/mol. The van der Waals surface area contributed by atoms with Crippen LogP contribution in [-0.4, -0.2) is 29.9 Å². The summed E-state index contributed by atoms with van der Waals surface area (Å²) in [4.78, 5) is 2.39. The Kier molecular flexibility index (Phi) is 6.87. The molecule has 0 bridgehead atoms. The minimum absolute atomic E-state index is 0.307. The second-order valence-electron chi connectivity index (χ2n) is 3.69. The van der Waals surface area contributed by atoms with Crippen LogP contribution in [0.1, 0.15) is 40.0 Å². The first-order valence-electron chi connectivity index (χ1n) is 4.92. The van der Waals surface area contributed by atoms with E-state index in [1.807, 2.05) is 0 Å². The normalized spacial score (nSPS) is 16.5. The molecule has 0 aliphatic rings. The second-order valence-corrected chi connectivity index (χ2v) is 4.43. The fourth-order valence-electron chi connectivity index (χ4n) is 1.24. The summed E-state index contributed by atoms with van der Waals surface area (Å²) >= 11 is 5.88. The van der Waals surface area contributed by atoms with Gasteiger partial charge in [-0.15, -0.1) is 11.6 Å². The molecule has 12 heavy (non-hydrogen) atoms. The minimum Gasteiger partial charge on any atom is -0.304 e. The van der Waals surface area contributed by atoms with E-state index < -0.39 is 0 Å². The summed E-state index contributed by atoms with van der Waals surface area (Å²) in [6, 6.07) is 0.699. The lowest BCUT2D eigenvalue weighted by Gasteiger charge is -2.24. The van der Waals surface area contributed by atoms with Gasteiger partial charge in [0.25, 0.3) is 0 Å². The third-order valence-corrected chi connectivity index (χ3v) is 2.56. The van der Waals surface area contributed by atoms with Crippen LogP contribution in [0.4, 0.5) is 0 Å². The molecule has 0 aliphatic carbocycles. The third-order valence-electron chi connectivity index (χ3n) is 2.34. The van der Waals surface area contributed by atoms with Crippen molar-refractivity contribution in [3.05, 3.63) is 0 Å². The van der Waals surface area contributed by atoms with Crippen LogP contribution >= 0.6 is 11.6 Å². The highest BCUT2D eigenvalue weighted by atomic mass is 35.5. The van der Waals surface area contributed by atoms with E-state index in [-0.39, 0.29) is 0 Å². The van der Waals surface area contributed by atoms with Crippen LogP contribution in [0.5, 0.6) is 0 Å². The zero-order chi connectivity index (χ0) is 9.56. The molecule has 0 N–H and O–H groups in total. The highest BCUT2D eigenvalue weighted by Gasteiger charge is 2.08. The van der Waals surface area contributed by atoms with E-state index in [0.29, 0.717) is 11.4 Å². The predicted octanol–water partition coefficient (Wildman–Crippen LogP) is 3.12. The largest absolute Gasteiger partial charge is 0.304 e. The number of halogens is 1. The molecule has 1 nitrogen and oxygen atoms in total. The standard InChI is InChI=1S/C10H22ClN/c1-5-6-10(3)12(4)8-7-9(2)11/h9-10H,5-8H2,1-4H3. The first kappa shape index (κ1) is 12.2. The maximum atomic E-state index is 5.88. The SMILES string of the molecule is CCCC(C)N(C)CCC(C)Cl. The van der Waals surface area contributed by atoms with Crippen LogP contribution in [0.25, 0.3) is 0 Å². The average Bonchev–Trinajstić information content (AvgIpc) is 2.00. The molecule has 0 aliphatic heterocycles. The second kappa shape index (κ2) is 6.73. The summed E-state index contributed by atoms with van der Waals surface area (Å²) in [6.07, 6.45) is 3.64. The van der Waals surface area contributed by atoms with Crippen LogP contribution in [0.2, 0.25) is 0 Å². The number of hydrogen-bond donors (Lipinski definition) is 0.